The Morgan fingerprint density at radius 3 is 2.52 bits per heavy atom. The first-order chi connectivity index (χ1) is 13.5. The van der Waals surface area contributed by atoms with E-state index in [2.05, 4.69) is 40.4 Å². The van der Waals surface area contributed by atoms with E-state index in [0.29, 0.717) is 0 Å². The van der Waals surface area contributed by atoms with Gasteiger partial charge in [0.2, 0.25) is 8.32 Å². The van der Waals surface area contributed by atoms with Crippen molar-refractivity contribution in [3.8, 4) is 5.75 Å². The summed E-state index contributed by atoms with van der Waals surface area (Å²) in [5.74, 6) is 0.863. The van der Waals surface area contributed by atoms with Gasteiger partial charge >= 0.3 is 0 Å². The molecule has 0 aromatic heterocycles. The Hall–Kier alpha value is -1.69. The first-order valence-corrected chi connectivity index (χ1v) is 13.1. The van der Waals surface area contributed by atoms with E-state index in [4.69, 9.17) is 13.9 Å². The molecule has 1 aromatic carbocycles. The first kappa shape index (κ1) is 25.3. The molecule has 0 fully saturated rings. The van der Waals surface area contributed by atoms with Crippen LogP contribution < -0.4 is 4.43 Å². The standard InChI is InChI=1S/C24H38O4Si/c1-9-10-11-12-13-20(25)16-23(27-18-26-6)22-17-21(15-14-19(22)2)28-29(7,8)24(3,4)5/h9,12-15,17,23H,1,10-11,16,18H2,2-8H3/b13-12+/t23-/m0/s1. The molecule has 29 heavy (non-hydrogen) atoms. The van der Waals surface area contributed by atoms with Crippen molar-refractivity contribution in [1.29, 1.82) is 0 Å². The van der Waals surface area contributed by atoms with Crippen LogP contribution in [-0.2, 0) is 14.3 Å². The maximum atomic E-state index is 12.5. The highest BCUT2D eigenvalue weighted by atomic mass is 28.4. The van der Waals surface area contributed by atoms with E-state index < -0.39 is 8.32 Å². The molecule has 0 saturated carbocycles. The second kappa shape index (κ2) is 11.5. The molecular weight excluding hydrogens is 380 g/mol. The van der Waals surface area contributed by atoms with Crippen molar-refractivity contribution in [3.05, 3.63) is 54.1 Å². The van der Waals surface area contributed by atoms with E-state index in [9.17, 15) is 4.79 Å². The van der Waals surface area contributed by atoms with E-state index in [0.717, 1.165) is 29.7 Å². The molecule has 0 bridgehead atoms. The van der Waals surface area contributed by atoms with Gasteiger partial charge in [-0.25, -0.2) is 0 Å². The average molecular weight is 419 g/mol. The molecular formula is C24H38O4Si. The molecule has 0 aliphatic heterocycles. The number of rotatable bonds is 12. The summed E-state index contributed by atoms with van der Waals surface area (Å²) in [6, 6.07) is 6.06. The van der Waals surface area contributed by atoms with Crippen molar-refractivity contribution in [2.75, 3.05) is 13.9 Å². The number of aryl methyl sites for hydroxylation is 1. The van der Waals surface area contributed by atoms with E-state index in [1.54, 1.807) is 13.2 Å². The number of hydrogen-bond acceptors (Lipinski definition) is 4. The van der Waals surface area contributed by atoms with Gasteiger partial charge in [0.25, 0.3) is 0 Å². The second-order valence-electron chi connectivity index (χ2n) is 8.88. The molecule has 0 spiro atoms. The predicted molar refractivity (Wildman–Crippen MR) is 123 cm³/mol. The number of hydrogen-bond donors (Lipinski definition) is 0. The van der Waals surface area contributed by atoms with E-state index in [1.165, 1.54) is 0 Å². The van der Waals surface area contributed by atoms with Crippen molar-refractivity contribution in [1.82, 2.24) is 0 Å². The van der Waals surface area contributed by atoms with Crippen molar-refractivity contribution >= 4 is 14.1 Å². The molecule has 0 unspecified atom stereocenters. The lowest BCUT2D eigenvalue weighted by Crippen LogP contribution is -2.43. The minimum Gasteiger partial charge on any atom is -0.543 e. The molecule has 5 heteroatoms. The lowest BCUT2D eigenvalue weighted by Gasteiger charge is -2.36. The van der Waals surface area contributed by atoms with Crippen molar-refractivity contribution in [2.45, 2.75) is 71.2 Å². The van der Waals surface area contributed by atoms with E-state index in [-0.39, 0.29) is 30.1 Å². The highest BCUT2D eigenvalue weighted by molar-refractivity contribution is 6.74. The third-order valence-corrected chi connectivity index (χ3v) is 9.75. The van der Waals surface area contributed by atoms with Gasteiger partial charge in [-0.2, -0.15) is 0 Å². The molecule has 0 radical (unpaired) electrons. The molecule has 1 atom stereocenters. The normalized spacial score (nSPS) is 13.5. The van der Waals surface area contributed by atoms with Gasteiger partial charge in [0.15, 0.2) is 5.78 Å². The van der Waals surface area contributed by atoms with Crippen LogP contribution in [0.4, 0.5) is 0 Å². The molecule has 4 nitrogen and oxygen atoms in total. The first-order valence-electron chi connectivity index (χ1n) is 10.2. The van der Waals surface area contributed by atoms with Gasteiger partial charge in [0, 0.05) is 13.5 Å². The minimum atomic E-state index is -1.96. The molecule has 0 aliphatic rings. The number of benzene rings is 1. The van der Waals surface area contributed by atoms with Crippen molar-refractivity contribution in [3.63, 3.8) is 0 Å². The molecule has 0 saturated heterocycles. The maximum absolute atomic E-state index is 12.5. The Kier molecular flexibility index (Phi) is 10.0. The van der Waals surface area contributed by atoms with Gasteiger partial charge in [0.1, 0.15) is 12.5 Å². The summed E-state index contributed by atoms with van der Waals surface area (Å²) in [6.07, 6.45) is 6.93. The molecule has 0 amide bonds. The molecule has 1 aromatic rings. The quantitative estimate of drug-likeness (QED) is 0.127. The average Bonchev–Trinajstić information content (AvgIpc) is 2.63. The summed E-state index contributed by atoms with van der Waals surface area (Å²) in [5, 5.41) is 0.107. The highest BCUT2D eigenvalue weighted by Gasteiger charge is 2.39. The van der Waals surface area contributed by atoms with Crippen LogP contribution in [-0.4, -0.2) is 28.0 Å². The van der Waals surface area contributed by atoms with Crippen LogP contribution in [0.25, 0.3) is 0 Å². The maximum Gasteiger partial charge on any atom is 0.250 e. The lowest BCUT2D eigenvalue weighted by atomic mass is 9.98. The van der Waals surface area contributed by atoms with Gasteiger partial charge in [-0.3, -0.25) is 4.79 Å². The lowest BCUT2D eigenvalue weighted by molar-refractivity contribution is -0.121. The molecule has 0 N–H and O–H groups in total. The van der Waals surface area contributed by atoms with Gasteiger partial charge in [-0.1, -0.05) is 39.0 Å². The second-order valence-corrected chi connectivity index (χ2v) is 13.6. The fourth-order valence-electron chi connectivity index (χ4n) is 2.57. The number of ketones is 1. The summed E-state index contributed by atoms with van der Waals surface area (Å²) in [6.45, 7) is 17.0. The Morgan fingerprint density at radius 1 is 1.24 bits per heavy atom. The Bertz CT molecular complexity index is 701. The zero-order valence-electron chi connectivity index (χ0n) is 19.2. The Labute approximate surface area is 178 Å². The number of allylic oxidation sites excluding steroid dienone is 3. The molecule has 0 heterocycles. The molecule has 0 aliphatic carbocycles. The van der Waals surface area contributed by atoms with Gasteiger partial charge in [-0.05, 0) is 67.2 Å². The van der Waals surface area contributed by atoms with Crippen LogP contribution in [0.2, 0.25) is 18.1 Å². The van der Waals surface area contributed by atoms with Gasteiger partial charge in [-0.15, -0.1) is 6.58 Å². The van der Waals surface area contributed by atoms with Crippen LogP contribution in [0.1, 0.15) is 57.3 Å². The summed E-state index contributed by atoms with van der Waals surface area (Å²) < 4.78 is 17.4. The van der Waals surface area contributed by atoms with Crippen LogP contribution in [0.3, 0.4) is 0 Å². The van der Waals surface area contributed by atoms with Crippen molar-refractivity contribution in [2.24, 2.45) is 0 Å². The van der Waals surface area contributed by atoms with Crippen molar-refractivity contribution < 1.29 is 18.7 Å². The third kappa shape index (κ3) is 8.29. The summed E-state index contributed by atoms with van der Waals surface area (Å²) in [5.41, 5.74) is 2.03. The van der Waals surface area contributed by atoms with Crippen LogP contribution in [0.5, 0.6) is 5.75 Å². The van der Waals surface area contributed by atoms with Crippen LogP contribution in [0.15, 0.2) is 43.0 Å². The third-order valence-electron chi connectivity index (χ3n) is 5.39. The minimum absolute atomic E-state index is 0.0327. The summed E-state index contributed by atoms with van der Waals surface area (Å²) >= 11 is 0. The number of ether oxygens (including phenoxy) is 2. The fraction of sp³-hybridized carbons (Fsp3) is 0.542. The summed E-state index contributed by atoms with van der Waals surface area (Å²) in [4.78, 5) is 12.5. The fourth-order valence-corrected chi connectivity index (χ4v) is 3.59. The zero-order chi connectivity index (χ0) is 22.1. The Morgan fingerprint density at radius 2 is 1.93 bits per heavy atom. The highest BCUT2D eigenvalue weighted by Crippen LogP contribution is 2.38. The predicted octanol–water partition coefficient (Wildman–Crippen LogP) is 6.52. The molecule has 162 valence electrons. The smallest absolute Gasteiger partial charge is 0.250 e. The van der Waals surface area contributed by atoms with Gasteiger partial charge < -0.3 is 13.9 Å². The topological polar surface area (TPSA) is 44.8 Å². The largest absolute Gasteiger partial charge is 0.543 e. The van der Waals surface area contributed by atoms with Crippen LogP contribution in [0, 0.1) is 6.92 Å². The van der Waals surface area contributed by atoms with Crippen LogP contribution >= 0.6 is 0 Å². The number of methoxy groups -OCH3 is 1. The Balaban J connectivity index is 3.07. The van der Waals surface area contributed by atoms with E-state index in [1.807, 2.05) is 37.3 Å². The monoisotopic (exact) mass is 418 g/mol. The number of unbranched alkanes of at least 4 members (excludes halogenated alkanes) is 1. The number of carbonyl (C=O) groups is 1. The summed E-state index contributed by atoms with van der Waals surface area (Å²) in [7, 11) is -0.374. The molecule has 1 rings (SSSR count). The zero-order valence-corrected chi connectivity index (χ0v) is 20.2. The number of carbonyl (C=O) groups excluding carboxylic acids is 1. The van der Waals surface area contributed by atoms with Gasteiger partial charge in [0.05, 0.1) is 6.10 Å². The SMILES string of the molecule is C=CCC/C=C/C(=O)C[C@H](OCOC)c1cc(O[Si](C)(C)C(C)(C)C)ccc1C. The van der Waals surface area contributed by atoms with E-state index >= 15 is 0 Å².